The van der Waals surface area contributed by atoms with Gasteiger partial charge in [-0.15, -0.1) is 0 Å². The number of benzene rings is 2. The van der Waals surface area contributed by atoms with Gasteiger partial charge in [-0.3, -0.25) is 9.52 Å². The van der Waals surface area contributed by atoms with E-state index in [1.165, 1.54) is 12.1 Å². The Morgan fingerprint density at radius 3 is 2.62 bits per heavy atom. The summed E-state index contributed by atoms with van der Waals surface area (Å²) < 4.78 is 38.7. The van der Waals surface area contributed by atoms with Crippen molar-refractivity contribution in [2.45, 2.75) is 18.2 Å². The first-order chi connectivity index (χ1) is 12.5. The molecule has 0 bridgehead atoms. The van der Waals surface area contributed by atoms with E-state index in [1.807, 2.05) is 6.92 Å². The van der Waals surface area contributed by atoms with E-state index in [0.717, 1.165) is 6.42 Å². The Bertz CT molecular complexity index is 912. The molecule has 0 saturated carbocycles. The summed E-state index contributed by atoms with van der Waals surface area (Å²) in [7, 11) is -3.84. The molecule has 0 saturated heterocycles. The Kier molecular flexibility index (Phi) is 5.32. The summed E-state index contributed by atoms with van der Waals surface area (Å²) in [5, 5.41) is 2.73. The zero-order chi connectivity index (χ0) is 18.6. The molecule has 1 amide bonds. The molecule has 138 valence electrons. The lowest BCUT2D eigenvalue weighted by molar-refractivity contribution is 0.0953. The Morgan fingerprint density at radius 1 is 1.08 bits per heavy atom. The maximum absolute atomic E-state index is 12.6. The second-order valence-corrected chi connectivity index (χ2v) is 7.43. The largest absolute Gasteiger partial charge is 0.486 e. The molecule has 0 unspecified atom stereocenters. The van der Waals surface area contributed by atoms with Crippen LogP contribution in [0.5, 0.6) is 11.5 Å². The zero-order valence-electron chi connectivity index (χ0n) is 14.3. The van der Waals surface area contributed by atoms with Gasteiger partial charge in [0.25, 0.3) is 15.9 Å². The van der Waals surface area contributed by atoms with Gasteiger partial charge in [0.05, 0.1) is 10.6 Å². The molecule has 0 fully saturated rings. The number of rotatable bonds is 6. The van der Waals surface area contributed by atoms with Crippen molar-refractivity contribution in [3.8, 4) is 11.5 Å². The van der Waals surface area contributed by atoms with Crippen molar-refractivity contribution in [2.75, 3.05) is 24.5 Å². The number of carbonyl (C=O) groups excluding carboxylic acids is 1. The molecule has 0 spiro atoms. The molecule has 0 atom stereocenters. The van der Waals surface area contributed by atoms with Gasteiger partial charge in [0.15, 0.2) is 11.5 Å². The maximum Gasteiger partial charge on any atom is 0.261 e. The molecular weight excluding hydrogens is 356 g/mol. The van der Waals surface area contributed by atoms with Crippen LogP contribution in [0, 0.1) is 0 Å². The lowest BCUT2D eigenvalue weighted by Crippen LogP contribution is -2.24. The maximum atomic E-state index is 12.6. The van der Waals surface area contributed by atoms with Crippen LogP contribution in [0.1, 0.15) is 23.7 Å². The lowest BCUT2D eigenvalue weighted by atomic mass is 10.2. The van der Waals surface area contributed by atoms with Crippen molar-refractivity contribution in [2.24, 2.45) is 0 Å². The van der Waals surface area contributed by atoms with Gasteiger partial charge >= 0.3 is 0 Å². The Balaban J connectivity index is 1.81. The predicted molar refractivity (Wildman–Crippen MR) is 97.3 cm³/mol. The second kappa shape index (κ2) is 7.65. The first-order valence-electron chi connectivity index (χ1n) is 8.30. The van der Waals surface area contributed by atoms with E-state index in [4.69, 9.17) is 9.47 Å². The van der Waals surface area contributed by atoms with E-state index in [1.54, 1.807) is 30.3 Å². The second-order valence-electron chi connectivity index (χ2n) is 5.75. The van der Waals surface area contributed by atoms with Crippen LogP contribution in [0.25, 0.3) is 0 Å². The number of hydrogen-bond acceptors (Lipinski definition) is 5. The van der Waals surface area contributed by atoms with Crippen molar-refractivity contribution in [3.63, 3.8) is 0 Å². The number of fused-ring (bicyclic) bond motifs is 1. The van der Waals surface area contributed by atoms with Gasteiger partial charge < -0.3 is 14.8 Å². The van der Waals surface area contributed by atoms with E-state index in [-0.39, 0.29) is 10.8 Å². The summed E-state index contributed by atoms with van der Waals surface area (Å²) in [6, 6.07) is 10.7. The molecule has 1 aliphatic rings. The van der Waals surface area contributed by atoms with Gasteiger partial charge in [-0.1, -0.05) is 13.0 Å². The van der Waals surface area contributed by atoms with E-state index in [2.05, 4.69) is 10.0 Å². The van der Waals surface area contributed by atoms with Crippen LogP contribution in [-0.4, -0.2) is 34.1 Å². The van der Waals surface area contributed by atoms with Gasteiger partial charge in [-0.25, -0.2) is 8.42 Å². The highest BCUT2D eigenvalue weighted by Crippen LogP contribution is 2.33. The monoisotopic (exact) mass is 376 g/mol. The van der Waals surface area contributed by atoms with Crippen LogP contribution in [0.4, 0.5) is 5.69 Å². The van der Waals surface area contributed by atoms with E-state index in [0.29, 0.717) is 42.5 Å². The van der Waals surface area contributed by atoms with Gasteiger partial charge in [-0.2, -0.15) is 0 Å². The van der Waals surface area contributed by atoms with Crippen molar-refractivity contribution in [1.29, 1.82) is 0 Å². The molecular formula is C18H20N2O5S. The minimum atomic E-state index is -3.84. The standard InChI is InChI=1S/C18H20N2O5S/c1-2-8-19-18(21)13-4-3-5-15(11-13)26(22,23)20-14-6-7-16-17(12-14)25-10-9-24-16/h3-7,11-12,20H,2,8-10H2,1H3,(H,19,21). The van der Waals surface area contributed by atoms with Gasteiger partial charge in [0, 0.05) is 18.2 Å². The summed E-state index contributed by atoms with van der Waals surface area (Å²) in [6.07, 6.45) is 0.801. The molecule has 2 aromatic rings. The molecule has 0 aliphatic carbocycles. The fourth-order valence-electron chi connectivity index (χ4n) is 2.47. The van der Waals surface area contributed by atoms with E-state index in [9.17, 15) is 13.2 Å². The molecule has 0 aromatic heterocycles. The molecule has 7 nitrogen and oxygen atoms in total. The molecule has 0 radical (unpaired) electrons. The normalized spacial score (nSPS) is 13.1. The van der Waals surface area contributed by atoms with Crippen LogP contribution in [0.2, 0.25) is 0 Å². The number of nitrogens with one attached hydrogen (secondary N) is 2. The fourth-order valence-corrected chi connectivity index (χ4v) is 3.56. The third-order valence-corrected chi connectivity index (χ3v) is 5.12. The Morgan fingerprint density at radius 2 is 1.85 bits per heavy atom. The Labute approximate surface area is 152 Å². The molecule has 2 aromatic carbocycles. The quantitative estimate of drug-likeness (QED) is 0.807. The van der Waals surface area contributed by atoms with Crippen LogP contribution >= 0.6 is 0 Å². The van der Waals surface area contributed by atoms with Crippen molar-refractivity contribution < 1.29 is 22.7 Å². The summed E-state index contributed by atoms with van der Waals surface area (Å²) in [5.74, 6) is 0.765. The molecule has 2 N–H and O–H groups in total. The highest BCUT2D eigenvalue weighted by atomic mass is 32.2. The number of sulfonamides is 1. The molecule has 1 aliphatic heterocycles. The third kappa shape index (κ3) is 4.08. The average Bonchev–Trinajstić information content (AvgIpc) is 2.66. The van der Waals surface area contributed by atoms with Crippen LogP contribution < -0.4 is 19.5 Å². The Hall–Kier alpha value is -2.74. The number of anilines is 1. The number of carbonyl (C=O) groups is 1. The third-order valence-electron chi connectivity index (χ3n) is 3.74. The predicted octanol–water partition coefficient (Wildman–Crippen LogP) is 2.40. The number of ether oxygens (including phenoxy) is 2. The number of hydrogen-bond donors (Lipinski definition) is 2. The zero-order valence-corrected chi connectivity index (χ0v) is 15.1. The lowest BCUT2D eigenvalue weighted by Gasteiger charge is -2.19. The van der Waals surface area contributed by atoms with E-state index < -0.39 is 10.0 Å². The van der Waals surface area contributed by atoms with E-state index >= 15 is 0 Å². The smallest absolute Gasteiger partial charge is 0.261 e. The molecule has 3 rings (SSSR count). The van der Waals surface area contributed by atoms with Crippen LogP contribution in [0.3, 0.4) is 0 Å². The van der Waals surface area contributed by atoms with Gasteiger partial charge in [0.2, 0.25) is 0 Å². The fraction of sp³-hybridized carbons (Fsp3) is 0.278. The molecule has 26 heavy (non-hydrogen) atoms. The average molecular weight is 376 g/mol. The number of amides is 1. The van der Waals surface area contributed by atoms with Crippen molar-refractivity contribution >= 4 is 21.6 Å². The summed E-state index contributed by atoms with van der Waals surface area (Å²) in [6.45, 7) is 3.35. The van der Waals surface area contributed by atoms with Gasteiger partial charge in [-0.05, 0) is 36.8 Å². The summed E-state index contributed by atoms with van der Waals surface area (Å²) in [4.78, 5) is 12.1. The topological polar surface area (TPSA) is 93.7 Å². The van der Waals surface area contributed by atoms with Crippen molar-refractivity contribution in [3.05, 3.63) is 48.0 Å². The highest BCUT2D eigenvalue weighted by molar-refractivity contribution is 7.92. The SMILES string of the molecule is CCCNC(=O)c1cccc(S(=O)(=O)Nc2ccc3c(c2)OCCO3)c1. The molecule has 8 heteroatoms. The minimum absolute atomic E-state index is 0.0107. The molecule has 1 heterocycles. The van der Waals surface area contributed by atoms with Crippen LogP contribution in [0.15, 0.2) is 47.4 Å². The first-order valence-corrected chi connectivity index (χ1v) is 9.78. The highest BCUT2D eigenvalue weighted by Gasteiger charge is 2.18. The summed E-state index contributed by atoms with van der Waals surface area (Å²) in [5.41, 5.74) is 0.651. The van der Waals surface area contributed by atoms with Crippen molar-refractivity contribution in [1.82, 2.24) is 5.32 Å². The minimum Gasteiger partial charge on any atom is -0.486 e. The first kappa shape index (κ1) is 18.1. The summed E-state index contributed by atoms with van der Waals surface area (Å²) >= 11 is 0. The van der Waals surface area contributed by atoms with Crippen LogP contribution in [-0.2, 0) is 10.0 Å². The van der Waals surface area contributed by atoms with Gasteiger partial charge in [0.1, 0.15) is 13.2 Å².